The van der Waals surface area contributed by atoms with Crippen LogP contribution in [0.5, 0.6) is 0 Å². The maximum absolute atomic E-state index is 3.47. The van der Waals surface area contributed by atoms with E-state index in [4.69, 9.17) is 0 Å². The summed E-state index contributed by atoms with van der Waals surface area (Å²) in [5, 5.41) is 4.28. The van der Waals surface area contributed by atoms with E-state index < -0.39 is 0 Å². The van der Waals surface area contributed by atoms with Crippen molar-refractivity contribution in [2.45, 2.75) is 6.42 Å². The number of rotatable bonds is 0. The van der Waals surface area contributed by atoms with Gasteiger partial charge in [0.25, 0.3) is 0 Å². The predicted molar refractivity (Wildman–Crippen MR) is 89.6 cm³/mol. The van der Waals surface area contributed by atoms with Crippen molar-refractivity contribution >= 4 is 26.0 Å². The summed E-state index contributed by atoms with van der Waals surface area (Å²) in [4.78, 5) is 0. The average Bonchev–Trinajstić information content (AvgIpc) is 3.10. The molecule has 2 atom stereocenters. The Morgan fingerprint density at radius 1 is 1.09 bits per heavy atom. The summed E-state index contributed by atoms with van der Waals surface area (Å²) in [6.45, 7) is 4.84. The smallest absolute Gasteiger partial charge is 1.00 e. The average molecular weight is 403 g/mol. The first-order valence-electron chi connectivity index (χ1n) is 6.61. The largest absolute Gasteiger partial charge is 4.00 e. The molecule has 22 heavy (non-hydrogen) atoms. The summed E-state index contributed by atoms with van der Waals surface area (Å²) in [6.07, 6.45) is 8.32. The fourth-order valence-corrected chi connectivity index (χ4v) is 7.62. The summed E-state index contributed by atoms with van der Waals surface area (Å²) in [5.41, 5.74) is 1.64. The first kappa shape index (κ1) is 22.5. The van der Waals surface area contributed by atoms with E-state index in [2.05, 4.69) is 67.9 Å². The second-order valence-corrected chi connectivity index (χ2v) is 11.9. The zero-order valence-corrected chi connectivity index (χ0v) is 17.5. The van der Waals surface area contributed by atoms with Crippen LogP contribution in [0.3, 0.4) is 0 Å². The predicted octanol–water partition coefficient (Wildman–Crippen LogP) is -0.280. The Morgan fingerprint density at radius 3 is 2.50 bits per heavy atom. The van der Waals surface area contributed by atoms with Crippen LogP contribution in [0.4, 0.5) is 0 Å². The molecule has 1 aliphatic heterocycles. The van der Waals surface area contributed by atoms with Gasteiger partial charge in [-0.15, -0.1) is 36.1 Å². The minimum Gasteiger partial charge on any atom is -1.00 e. The van der Waals surface area contributed by atoms with E-state index in [0.29, 0.717) is 7.61 Å². The zero-order chi connectivity index (χ0) is 13.2. The number of allylic oxidation sites excluding steroid dienone is 4. The molecule has 0 bridgehead atoms. The minimum atomic E-state index is 0. The molecule has 4 rings (SSSR count). The van der Waals surface area contributed by atoms with Crippen molar-refractivity contribution in [1.29, 1.82) is 0 Å². The van der Waals surface area contributed by atoms with Gasteiger partial charge in [-0.2, -0.15) is 34.5 Å². The van der Waals surface area contributed by atoms with Crippen LogP contribution < -0.4 is 24.8 Å². The van der Waals surface area contributed by atoms with Gasteiger partial charge in [0, 0.05) is 0 Å². The monoisotopic (exact) mass is 402 g/mol. The fraction of sp³-hybridized carbons (Fsp3) is 0.235. The van der Waals surface area contributed by atoms with Gasteiger partial charge < -0.3 is 24.8 Å². The summed E-state index contributed by atoms with van der Waals surface area (Å²) < 4.78 is 0. The molecule has 0 N–H and O–H groups in total. The molecule has 0 amide bonds. The van der Waals surface area contributed by atoms with Crippen molar-refractivity contribution in [3.8, 4) is 0 Å². The summed E-state index contributed by atoms with van der Waals surface area (Å²) >= 11 is 0. The molecule has 0 aromatic heterocycles. The molecule has 114 valence electrons. The van der Waals surface area contributed by atoms with E-state index in [1.165, 1.54) is 16.9 Å². The van der Waals surface area contributed by atoms with Gasteiger partial charge in [-0.25, -0.2) is 0 Å². The van der Waals surface area contributed by atoms with E-state index in [1.807, 2.05) is 0 Å². The summed E-state index contributed by atoms with van der Waals surface area (Å²) in [6, 6.07) is 14.7. The third-order valence-corrected chi connectivity index (χ3v) is 10.7. The third-order valence-electron chi connectivity index (χ3n) is 3.70. The van der Waals surface area contributed by atoms with E-state index in [9.17, 15) is 0 Å². The third kappa shape index (κ3) is 4.98. The molecule has 0 radical (unpaired) electrons. The maximum atomic E-state index is 3.47. The molecule has 2 aromatic rings. The van der Waals surface area contributed by atoms with Crippen molar-refractivity contribution < 1.29 is 46.5 Å². The van der Waals surface area contributed by atoms with Gasteiger partial charge in [0.05, 0.1) is 0 Å². The van der Waals surface area contributed by atoms with Gasteiger partial charge in [0.1, 0.15) is 0 Å². The standard InChI is InChI=1S/C9H7.C8H11P2.2ClH.Ti/c1-2-5-9-7-3-6-8(9)4-1;1-9-6-7-4-3-5-8(7)10(9)2;;;/h1-7H;4H,3,6H2,1-2H3;2*1H;/q2*-1;;;+4/p-2. The maximum Gasteiger partial charge on any atom is 4.00 e. The van der Waals surface area contributed by atoms with E-state index >= 15 is 0 Å². The Hall–Kier alpha value is 0.464. The normalized spacial score (nSPS) is 21.2. The van der Waals surface area contributed by atoms with Gasteiger partial charge >= 0.3 is 21.7 Å². The Kier molecular flexibility index (Phi) is 10.6. The molecule has 2 aromatic carbocycles. The second-order valence-electron chi connectivity index (χ2n) is 4.95. The van der Waals surface area contributed by atoms with Gasteiger partial charge in [0.15, 0.2) is 0 Å². The molecule has 0 nitrogen and oxygen atoms in total. The molecule has 2 aliphatic rings. The fourth-order valence-electron chi connectivity index (χ4n) is 2.54. The van der Waals surface area contributed by atoms with Crippen LogP contribution in [-0.2, 0) is 21.7 Å². The number of benzene rings is 1. The number of hydrogen-bond acceptors (Lipinski definition) is 0. The molecule has 5 heteroatoms. The first-order valence-corrected chi connectivity index (χ1v) is 11.1. The van der Waals surface area contributed by atoms with Crippen LogP contribution in [0.15, 0.2) is 59.4 Å². The molecule has 1 saturated heterocycles. The van der Waals surface area contributed by atoms with Crippen LogP contribution in [0, 0.1) is 6.08 Å². The molecule has 1 heterocycles. The molecule has 0 spiro atoms. The molecule has 0 saturated carbocycles. The van der Waals surface area contributed by atoms with Crippen molar-refractivity contribution in [3.05, 3.63) is 65.5 Å². The van der Waals surface area contributed by atoms with Gasteiger partial charge in [-0.3, -0.25) is 6.08 Å². The number of hydrogen-bond donors (Lipinski definition) is 0. The molecule has 1 aliphatic carbocycles. The molecule has 2 unspecified atom stereocenters. The van der Waals surface area contributed by atoms with Crippen LogP contribution in [-0.4, -0.2) is 19.5 Å². The van der Waals surface area contributed by atoms with Gasteiger partial charge in [-0.05, 0) is 13.3 Å². The Bertz CT molecular complexity index is 619. The Morgan fingerprint density at radius 2 is 1.82 bits per heavy atom. The van der Waals surface area contributed by atoms with Crippen molar-refractivity contribution in [3.63, 3.8) is 0 Å². The number of fused-ring (bicyclic) bond motifs is 2. The van der Waals surface area contributed by atoms with Gasteiger partial charge in [0.2, 0.25) is 0 Å². The molecule has 1 fully saturated rings. The molecular formula is C17H18Cl2P2Ti. The summed E-state index contributed by atoms with van der Waals surface area (Å²) in [7, 11) is 0.573. The van der Waals surface area contributed by atoms with Crippen molar-refractivity contribution in [2.75, 3.05) is 19.5 Å². The zero-order valence-electron chi connectivity index (χ0n) is 12.7. The quantitative estimate of drug-likeness (QED) is 0.323. The number of halogens is 2. The minimum absolute atomic E-state index is 0. The first-order chi connectivity index (χ1) is 9.25. The Labute approximate surface area is 163 Å². The topological polar surface area (TPSA) is 0 Å². The Balaban J connectivity index is 0.000000354. The van der Waals surface area contributed by atoms with Gasteiger partial charge in [-0.1, -0.05) is 27.4 Å². The second kappa shape index (κ2) is 10.4. The van der Waals surface area contributed by atoms with Crippen molar-refractivity contribution in [2.24, 2.45) is 0 Å². The van der Waals surface area contributed by atoms with E-state index in [-0.39, 0.29) is 54.1 Å². The van der Waals surface area contributed by atoms with E-state index in [0.717, 1.165) is 6.42 Å². The van der Waals surface area contributed by atoms with Crippen LogP contribution in [0.2, 0.25) is 0 Å². The van der Waals surface area contributed by atoms with Crippen LogP contribution >= 0.6 is 15.2 Å². The van der Waals surface area contributed by atoms with Crippen molar-refractivity contribution in [1.82, 2.24) is 0 Å². The van der Waals surface area contributed by atoms with E-state index in [1.54, 1.807) is 10.9 Å². The SMILES string of the molecule is CP1CC2=CC[C-]=C2P1C.[Cl-].[Cl-].[Ti+4].c1ccc2[cH-]ccc2c1. The molecular weight excluding hydrogens is 385 g/mol. The van der Waals surface area contributed by atoms with Crippen LogP contribution in [0.1, 0.15) is 6.42 Å². The van der Waals surface area contributed by atoms with Crippen LogP contribution in [0.25, 0.3) is 10.8 Å². The summed E-state index contributed by atoms with van der Waals surface area (Å²) in [5.74, 6) is 0.